The smallest absolute Gasteiger partial charge is 0.230 e. The van der Waals surface area contributed by atoms with Crippen LogP contribution in [-0.4, -0.2) is 23.8 Å². The molecule has 1 fully saturated rings. The molecule has 0 radical (unpaired) electrons. The van der Waals surface area contributed by atoms with Crippen LogP contribution in [0.3, 0.4) is 0 Å². The zero-order chi connectivity index (χ0) is 16.4. The highest BCUT2D eigenvalue weighted by Crippen LogP contribution is 2.37. The Labute approximate surface area is 143 Å². The average Bonchev–Trinajstić information content (AvgIpc) is 2.84. The number of nitrogens with one attached hydrogen (secondary N) is 1. The van der Waals surface area contributed by atoms with Crippen LogP contribution in [0.1, 0.15) is 18.0 Å². The molecule has 0 unspecified atom stereocenters. The maximum absolute atomic E-state index is 12.7. The molecule has 1 N–H and O–H groups in total. The Morgan fingerprint density at radius 1 is 1.17 bits per heavy atom. The number of likely N-dealkylation sites (tertiary alicyclic amines) is 1. The Kier molecular flexibility index (Phi) is 4.48. The van der Waals surface area contributed by atoms with E-state index in [1.807, 2.05) is 54.6 Å². The molecule has 0 aromatic heterocycles. The molecule has 0 saturated carbocycles. The van der Waals surface area contributed by atoms with Crippen molar-refractivity contribution in [3.05, 3.63) is 64.6 Å². The third kappa shape index (κ3) is 3.29. The van der Waals surface area contributed by atoms with Gasteiger partial charge in [0.15, 0.2) is 0 Å². The minimum absolute atomic E-state index is 0.00625. The summed E-state index contributed by atoms with van der Waals surface area (Å²) in [6.45, 7) is 0. The van der Waals surface area contributed by atoms with Gasteiger partial charge in [0.1, 0.15) is 0 Å². The first-order valence-corrected chi connectivity index (χ1v) is 8.22. The number of amides is 2. The minimum atomic E-state index is -0.395. The van der Waals surface area contributed by atoms with E-state index in [-0.39, 0.29) is 24.3 Å². The number of hydrogen-bond acceptors (Lipinski definition) is 2. The summed E-state index contributed by atoms with van der Waals surface area (Å²) in [6.07, 6.45) is 0.232. The first-order chi connectivity index (χ1) is 11.1. The van der Waals surface area contributed by atoms with Crippen molar-refractivity contribution in [3.63, 3.8) is 0 Å². The predicted molar refractivity (Wildman–Crippen MR) is 92.8 cm³/mol. The summed E-state index contributed by atoms with van der Waals surface area (Å²) >= 11 is 3.39. The molecule has 4 nitrogen and oxygen atoms in total. The standard InChI is InChI=1S/C18H17BrN2O2/c1-21-16(22)11-15(17(21)12-6-3-2-4-7-12)18(23)20-14-9-5-8-13(19)10-14/h2-10,15,17H,11H2,1H3,(H,20,23)/t15-,17-/m0/s1. The lowest BCUT2D eigenvalue weighted by atomic mass is 9.93. The summed E-state index contributed by atoms with van der Waals surface area (Å²) in [6, 6.07) is 16.9. The van der Waals surface area contributed by atoms with Crippen LogP contribution < -0.4 is 5.32 Å². The van der Waals surface area contributed by atoms with Gasteiger partial charge < -0.3 is 10.2 Å². The van der Waals surface area contributed by atoms with E-state index >= 15 is 0 Å². The number of halogens is 1. The lowest BCUT2D eigenvalue weighted by molar-refractivity contribution is -0.127. The molecule has 2 amide bonds. The van der Waals surface area contributed by atoms with Crippen molar-refractivity contribution in [3.8, 4) is 0 Å². The topological polar surface area (TPSA) is 49.4 Å². The third-order valence-corrected chi connectivity index (χ3v) is 4.65. The summed E-state index contributed by atoms with van der Waals surface area (Å²) < 4.78 is 0.898. The normalized spacial score (nSPS) is 20.6. The summed E-state index contributed by atoms with van der Waals surface area (Å²) in [7, 11) is 1.76. The van der Waals surface area contributed by atoms with Gasteiger partial charge in [0.05, 0.1) is 12.0 Å². The second-order valence-electron chi connectivity index (χ2n) is 5.67. The molecule has 2 aromatic rings. The monoisotopic (exact) mass is 372 g/mol. The quantitative estimate of drug-likeness (QED) is 0.894. The number of carbonyl (C=O) groups is 2. The van der Waals surface area contributed by atoms with Crippen molar-refractivity contribution < 1.29 is 9.59 Å². The highest BCUT2D eigenvalue weighted by Gasteiger charge is 2.42. The van der Waals surface area contributed by atoms with Crippen molar-refractivity contribution in [2.75, 3.05) is 12.4 Å². The van der Waals surface area contributed by atoms with E-state index in [1.165, 1.54) is 0 Å². The molecule has 3 rings (SSSR count). The summed E-state index contributed by atoms with van der Waals surface area (Å²) in [5.74, 6) is -0.531. The lowest BCUT2D eigenvalue weighted by Gasteiger charge is -2.25. The number of rotatable bonds is 3. The number of nitrogens with zero attached hydrogens (tertiary/aromatic N) is 1. The van der Waals surface area contributed by atoms with Gasteiger partial charge >= 0.3 is 0 Å². The molecule has 2 aromatic carbocycles. The second-order valence-corrected chi connectivity index (χ2v) is 6.59. The SMILES string of the molecule is CN1C(=O)C[C@H](C(=O)Nc2cccc(Br)c2)[C@@H]1c1ccccc1. The average molecular weight is 373 g/mol. The van der Waals surface area contributed by atoms with E-state index in [9.17, 15) is 9.59 Å². The van der Waals surface area contributed by atoms with Crippen LogP contribution in [0.25, 0.3) is 0 Å². The van der Waals surface area contributed by atoms with Crippen LogP contribution in [0.5, 0.6) is 0 Å². The fraction of sp³-hybridized carbons (Fsp3) is 0.222. The first kappa shape index (κ1) is 15.7. The van der Waals surface area contributed by atoms with E-state index in [4.69, 9.17) is 0 Å². The number of carbonyl (C=O) groups excluding carboxylic acids is 2. The van der Waals surface area contributed by atoms with E-state index in [2.05, 4.69) is 21.2 Å². The second kappa shape index (κ2) is 6.54. The van der Waals surface area contributed by atoms with Gasteiger partial charge in [-0.25, -0.2) is 0 Å². The molecule has 0 aliphatic carbocycles. The van der Waals surface area contributed by atoms with Crippen molar-refractivity contribution in [1.82, 2.24) is 4.90 Å². The van der Waals surface area contributed by atoms with E-state index < -0.39 is 5.92 Å². The highest BCUT2D eigenvalue weighted by atomic mass is 79.9. The Balaban J connectivity index is 1.84. The van der Waals surface area contributed by atoms with Gasteiger partial charge in [0.2, 0.25) is 11.8 Å². The van der Waals surface area contributed by atoms with Crippen LogP contribution >= 0.6 is 15.9 Å². The van der Waals surface area contributed by atoms with Gasteiger partial charge in [-0.2, -0.15) is 0 Å². The predicted octanol–water partition coefficient (Wildman–Crippen LogP) is 3.61. The van der Waals surface area contributed by atoms with Crippen molar-refractivity contribution in [2.24, 2.45) is 5.92 Å². The van der Waals surface area contributed by atoms with Crippen LogP contribution in [0, 0.1) is 5.92 Å². The molecule has 1 heterocycles. The van der Waals surface area contributed by atoms with Crippen LogP contribution in [0.2, 0.25) is 0 Å². The Bertz CT molecular complexity index is 733. The van der Waals surface area contributed by atoms with E-state index in [1.54, 1.807) is 11.9 Å². The maximum atomic E-state index is 12.7. The molecular weight excluding hydrogens is 356 g/mol. The minimum Gasteiger partial charge on any atom is -0.338 e. The number of benzene rings is 2. The molecule has 1 aliphatic rings. The number of hydrogen-bond donors (Lipinski definition) is 1. The molecule has 118 valence electrons. The fourth-order valence-corrected chi connectivity index (χ4v) is 3.41. The highest BCUT2D eigenvalue weighted by molar-refractivity contribution is 9.10. The molecule has 23 heavy (non-hydrogen) atoms. The lowest BCUT2D eigenvalue weighted by Crippen LogP contribution is -2.30. The molecule has 5 heteroatoms. The van der Waals surface area contributed by atoms with Crippen molar-refractivity contribution in [2.45, 2.75) is 12.5 Å². The molecule has 1 saturated heterocycles. The Hall–Kier alpha value is -2.14. The zero-order valence-electron chi connectivity index (χ0n) is 12.7. The van der Waals surface area contributed by atoms with Gasteiger partial charge in [-0.1, -0.05) is 52.3 Å². The van der Waals surface area contributed by atoms with Gasteiger partial charge in [0, 0.05) is 23.6 Å². The molecule has 1 aliphatic heterocycles. The Morgan fingerprint density at radius 2 is 1.91 bits per heavy atom. The van der Waals surface area contributed by atoms with Gasteiger partial charge in [0.25, 0.3) is 0 Å². The van der Waals surface area contributed by atoms with Crippen LogP contribution in [0.4, 0.5) is 5.69 Å². The molecule has 2 atom stereocenters. The third-order valence-electron chi connectivity index (χ3n) is 4.16. The van der Waals surface area contributed by atoms with Gasteiger partial charge in [-0.15, -0.1) is 0 Å². The Morgan fingerprint density at radius 3 is 2.61 bits per heavy atom. The summed E-state index contributed by atoms with van der Waals surface area (Å²) in [4.78, 5) is 26.5. The van der Waals surface area contributed by atoms with Crippen LogP contribution in [0.15, 0.2) is 59.1 Å². The molecule has 0 spiro atoms. The molecular formula is C18H17BrN2O2. The van der Waals surface area contributed by atoms with E-state index in [0.717, 1.165) is 15.7 Å². The zero-order valence-corrected chi connectivity index (χ0v) is 14.3. The summed E-state index contributed by atoms with van der Waals surface area (Å²) in [5, 5.41) is 2.92. The maximum Gasteiger partial charge on any atom is 0.230 e. The van der Waals surface area contributed by atoms with Crippen molar-refractivity contribution in [1.29, 1.82) is 0 Å². The summed E-state index contributed by atoms with van der Waals surface area (Å²) in [5.41, 5.74) is 1.70. The first-order valence-electron chi connectivity index (χ1n) is 7.43. The van der Waals surface area contributed by atoms with Gasteiger partial charge in [-0.05, 0) is 23.8 Å². The van der Waals surface area contributed by atoms with Crippen molar-refractivity contribution >= 4 is 33.4 Å². The molecule has 0 bridgehead atoms. The van der Waals surface area contributed by atoms with Crippen LogP contribution in [-0.2, 0) is 9.59 Å². The van der Waals surface area contributed by atoms with E-state index in [0.29, 0.717) is 0 Å². The largest absolute Gasteiger partial charge is 0.338 e. The fourth-order valence-electron chi connectivity index (χ4n) is 3.01. The van der Waals surface area contributed by atoms with Gasteiger partial charge in [-0.3, -0.25) is 9.59 Å². The number of anilines is 1.